The van der Waals surface area contributed by atoms with E-state index in [-0.39, 0.29) is 10.8 Å². The number of aromatic nitrogens is 1. The van der Waals surface area contributed by atoms with Gasteiger partial charge in [0.15, 0.2) is 0 Å². The van der Waals surface area contributed by atoms with E-state index in [1.807, 2.05) is 0 Å². The molecule has 0 fully saturated rings. The molecule has 1 aromatic heterocycles. The normalized spacial score (nSPS) is 13.8. The number of carbonyl (C=O) groups is 1. The average Bonchev–Trinajstić information content (AvgIpc) is 3.12. The third-order valence-electron chi connectivity index (χ3n) is 5.57. The summed E-state index contributed by atoms with van der Waals surface area (Å²) < 4.78 is 29.4. The molecule has 7 nitrogen and oxygen atoms in total. The highest BCUT2D eigenvalue weighted by molar-refractivity contribution is 7.93. The fourth-order valence-corrected chi connectivity index (χ4v) is 5.25. The lowest BCUT2D eigenvalue weighted by Gasteiger charge is -2.16. The van der Waals surface area contributed by atoms with E-state index in [0.717, 1.165) is 0 Å². The minimum atomic E-state index is -3.98. The largest absolute Gasteiger partial charge is 0.382 e. The second-order valence-electron chi connectivity index (χ2n) is 7.63. The van der Waals surface area contributed by atoms with Crippen LogP contribution in [0.5, 0.6) is 0 Å². The minimum Gasteiger partial charge on any atom is -0.382 e. The van der Waals surface area contributed by atoms with Crippen LogP contribution in [0.25, 0.3) is 10.8 Å². The molecule has 3 N–H and O–H groups in total. The van der Waals surface area contributed by atoms with Crippen LogP contribution < -0.4 is 10.0 Å². The number of benzene rings is 3. The zero-order valence-electron chi connectivity index (χ0n) is 17.0. The van der Waals surface area contributed by atoms with Crippen molar-refractivity contribution in [2.45, 2.75) is 17.9 Å². The van der Waals surface area contributed by atoms with Crippen LogP contribution in [0.3, 0.4) is 0 Å². The van der Waals surface area contributed by atoms with Crippen molar-refractivity contribution >= 4 is 38.1 Å². The Balaban J connectivity index is 1.55. The molecule has 160 valence electrons. The summed E-state index contributed by atoms with van der Waals surface area (Å²) in [4.78, 5) is 16.4. The quantitative estimate of drug-likeness (QED) is 0.430. The summed E-state index contributed by atoms with van der Waals surface area (Å²) >= 11 is 0. The van der Waals surface area contributed by atoms with Gasteiger partial charge in [0.25, 0.3) is 15.9 Å². The second-order valence-corrected chi connectivity index (χ2v) is 9.28. The lowest BCUT2D eigenvalue weighted by molar-refractivity contribution is 0.103. The predicted octanol–water partition coefficient (Wildman–Crippen LogP) is 3.99. The highest BCUT2D eigenvalue weighted by atomic mass is 32.2. The van der Waals surface area contributed by atoms with Gasteiger partial charge >= 0.3 is 0 Å². The second kappa shape index (κ2) is 7.44. The molecule has 32 heavy (non-hydrogen) atoms. The number of pyridine rings is 1. The molecule has 0 saturated carbocycles. The summed E-state index contributed by atoms with van der Waals surface area (Å²) in [5, 5.41) is 14.5. The Morgan fingerprint density at radius 3 is 2.66 bits per heavy atom. The van der Waals surface area contributed by atoms with E-state index in [1.165, 1.54) is 6.07 Å². The van der Waals surface area contributed by atoms with Crippen LogP contribution in [0.2, 0.25) is 0 Å². The topological polar surface area (TPSA) is 108 Å². The molecule has 1 atom stereocenters. The molecule has 0 spiro atoms. The Bertz CT molecular complexity index is 1480. The van der Waals surface area contributed by atoms with Gasteiger partial charge < -0.3 is 10.4 Å². The van der Waals surface area contributed by atoms with E-state index >= 15 is 0 Å². The number of nitrogens with zero attached hydrogens (tertiary/aromatic N) is 1. The smallest absolute Gasteiger partial charge is 0.262 e. The molecular formula is C24H19N3O4S. The van der Waals surface area contributed by atoms with Crippen molar-refractivity contribution in [1.29, 1.82) is 0 Å². The highest BCUT2D eigenvalue weighted by Crippen LogP contribution is 2.37. The Labute approximate surface area is 184 Å². The van der Waals surface area contributed by atoms with Gasteiger partial charge in [-0.15, -0.1) is 0 Å². The van der Waals surface area contributed by atoms with Gasteiger partial charge in [-0.3, -0.25) is 14.5 Å². The first-order valence-electron chi connectivity index (χ1n) is 9.94. The molecule has 0 unspecified atom stereocenters. The number of rotatable bonds is 5. The van der Waals surface area contributed by atoms with E-state index in [1.54, 1.807) is 73.8 Å². The SMILES string of the molecule is Cc1ccc([C@H](O)c2ccccn2)cc1NS(=O)(=O)c1ccc2c3c(cccc13)C(=O)N2. The number of anilines is 2. The number of amides is 1. The van der Waals surface area contributed by atoms with Crippen molar-refractivity contribution in [3.63, 3.8) is 0 Å². The lowest BCUT2D eigenvalue weighted by Crippen LogP contribution is -2.15. The summed E-state index contributed by atoms with van der Waals surface area (Å²) in [6.45, 7) is 1.78. The Morgan fingerprint density at radius 1 is 1.03 bits per heavy atom. The number of carbonyl (C=O) groups excluding carboxylic acids is 1. The van der Waals surface area contributed by atoms with E-state index in [9.17, 15) is 18.3 Å². The third kappa shape index (κ3) is 3.30. The Morgan fingerprint density at radius 2 is 1.88 bits per heavy atom. The van der Waals surface area contributed by atoms with Crippen LogP contribution in [-0.4, -0.2) is 24.4 Å². The number of aliphatic hydroxyl groups is 1. The molecule has 5 rings (SSSR count). The van der Waals surface area contributed by atoms with E-state index in [4.69, 9.17) is 0 Å². The molecule has 4 aromatic rings. The van der Waals surface area contributed by atoms with Gasteiger partial charge in [-0.1, -0.05) is 30.3 Å². The Hall–Kier alpha value is -3.75. The molecular weight excluding hydrogens is 426 g/mol. The average molecular weight is 446 g/mol. The molecule has 0 saturated heterocycles. The highest BCUT2D eigenvalue weighted by Gasteiger charge is 2.26. The summed E-state index contributed by atoms with van der Waals surface area (Å²) in [5.41, 5.74) is 3.09. The third-order valence-corrected chi connectivity index (χ3v) is 7.00. The summed E-state index contributed by atoms with van der Waals surface area (Å²) in [5.74, 6) is -0.250. The van der Waals surface area contributed by atoms with Gasteiger partial charge in [0.05, 0.1) is 16.3 Å². The number of aryl methyl sites for hydroxylation is 1. The van der Waals surface area contributed by atoms with Gasteiger partial charge in [-0.2, -0.15) is 0 Å². The van der Waals surface area contributed by atoms with Crippen molar-refractivity contribution in [1.82, 2.24) is 4.98 Å². The predicted molar refractivity (Wildman–Crippen MR) is 122 cm³/mol. The van der Waals surface area contributed by atoms with Crippen LogP contribution in [0.1, 0.15) is 33.3 Å². The summed E-state index contributed by atoms with van der Waals surface area (Å²) in [6.07, 6.45) is 0.597. The van der Waals surface area contributed by atoms with Crippen LogP contribution in [0.4, 0.5) is 11.4 Å². The van der Waals surface area contributed by atoms with Crippen molar-refractivity contribution in [2.75, 3.05) is 10.0 Å². The van der Waals surface area contributed by atoms with Crippen LogP contribution in [0, 0.1) is 6.92 Å². The summed E-state index contributed by atoms with van der Waals surface area (Å²) in [6, 6.07) is 18.4. The van der Waals surface area contributed by atoms with Crippen molar-refractivity contribution in [3.05, 3.63) is 95.3 Å². The molecule has 1 amide bonds. The van der Waals surface area contributed by atoms with Gasteiger partial charge in [-0.25, -0.2) is 8.42 Å². The first-order chi connectivity index (χ1) is 15.3. The zero-order valence-corrected chi connectivity index (χ0v) is 17.8. The fourth-order valence-electron chi connectivity index (χ4n) is 3.93. The number of sulfonamides is 1. The van der Waals surface area contributed by atoms with Gasteiger partial charge in [0.2, 0.25) is 0 Å². The van der Waals surface area contributed by atoms with Crippen LogP contribution >= 0.6 is 0 Å². The first-order valence-corrected chi connectivity index (χ1v) is 11.4. The standard InChI is InChI=1S/C24H19N3O4S/c1-14-8-9-15(23(28)19-7-2-3-12-25-19)13-20(14)27-32(30,31)21-11-10-18-22-16(21)5-4-6-17(22)24(29)26-18/h2-13,23,27-28H,1H3,(H,26,29)/t23-/m0/s1. The minimum absolute atomic E-state index is 0.0738. The number of aliphatic hydroxyl groups excluding tert-OH is 1. The van der Waals surface area contributed by atoms with Crippen molar-refractivity contribution < 1.29 is 18.3 Å². The van der Waals surface area contributed by atoms with E-state index in [0.29, 0.717) is 44.5 Å². The van der Waals surface area contributed by atoms with E-state index < -0.39 is 16.1 Å². The maximum absolute atomic E-state index is 13.4. The maximum Gasteiger partial charge on any atom is 0.262 e. The first kappa shape index (κ1) is 20.2. The van der Waals surface area contributed by atoms with Crippen molar-refractivity contribution in [2.24, 2.45) is 0 Å². The fraction of sp³-hybridized carbons (Fsp3) is 0.0833. The molecule has 8 heteroatoms. The van der Waals surface area contributed by atoms with Crippen LogP contribution in [-0.2, 0) is 10.0 Å². The van der Waals surface area contributed by atoms with Crippen LogP contribution in [0.15, 0.2) is 77.8 Å². The number of hydrogen-bond donors (Lipinski definition) is 3. The molecule has 2 heterocycles. The summed E-state index contributed by atoms with van der Waals surface area (Å²) in [7, 11) is -3.98. The molecule has 3 aromatic carbocycles. The monoisotopic (exact) mass is 445 g/mol. The number of nitrogens with one attached hydrogen (secondary N) is 2. The number of hydrogen-bond acceptors (Lipinski definition) is 5. The lowest BCUT2D eigenvalue weighted by atomic mass is 10.0. The van der Waals surface area contributed by atoms with Gasteiger partial charge in [-0.05, 0) is 54.4 Å². The van der Waals surface area contributed by atoms with Gasteiger partial charge in [0, 0.05) is 28.2 Å². The molecule has 0 radical (unpaired) electrons. The molecule has 0 aliphatic carbocycles. The zero-order chi connectivity index (χ0) is 22.5. The maximum atomic E-state index is 13.4. The van der Waals surface area contributed by atoms with Gasteiger partial charge in [0.1, 0.15) is 6.10 Å². The molecule has 0 bridgehead atoms. The molecule has 1 aliphatic rings. The molecule has 1 aliphatic heterocycles. The van der Waals surface area contributed by atoms with E-state index in [2.05, 4.69) is 15.0 Å². The van der Waals surface area contributed by atoms with Crippen molar-refractivity contribution in [3.8, 4) is 0 Å². The Kier molecular flexibility index (Phi) is 4.69.